The minimum atomic E-state index is -4.46. The lowest BCUT2D eigenvalue weighted by molar-refractivity contribution is -0.870. The molecule has 0 spiro atoms. The SMILES string of the molecule is CCCCCCCCCCCCOCC(COP(=O)([O-])OCC[N+](C)(C)C)OC(=O)CC. The average molecular weight is 482 g/mol. The van der Waals surface area contributed by atoms with Gasteiger partial charge in [-0.25, -0.2) is 0 Å². The van der Waals surface area contributed by atoms with E-state index >= 15 is 0 Å². The highest BCUT2D eigenvalue weighted by Crippen LogP contribution is 2.38. The van der Waals surface area contributed by atoms with Gasteiger partial charge < -0.3 is 27.9 Å². The molecule has 0 N–H and O–H groups in total. The third-order valence-corrected chi connectivity index (χ3v) is 5.93. The molecule has 0 saturated heterocycles. The number of carbonyl (C=O) groups is 1. The molecule has 0 bridgehead atoms. The lowest BCUT2D eigenvalue weighted by Gasteiger charge is -2.28. The standard InChI is InChI=1S/C23H48NO7P/c1-6-8-9-10-11-12-13-14-15-16-18-28-20-22(31-23(25)7-2)21-30-32(26,27)29-19-17-24(3,4)5/h22H,6-21H2,1-5H3. The Labute approximate surface area is 196 Å². The lowest BCUT2D eigenvalue weighted by atomic mass is 10.1. The quantitative estimate of drug-likeness (QED) is 0.0975. The van der Waals surface area contributed by atoms with Crippen LogP contribution in [-0.4, -0.2) is 70.7 Å². The van der Waals surface area contributed by atoms with E-state index in [1.54, 1.807) is 6.92 Å². The Balaban J connectivity index is 4.04. The van der Waals surface area contributed by atoms with E-state index in [4.69, 9.17) is 18.5 Å². The van der Waals surface area contributed by atoms with E-state index in [0.29, 0.717) is 17.6 Å². The number of hydrogen-bond acceptors (Lipinski definition) is 7. The Morgan fingerprint density at radius 1 is 0.844 bits per heavy atom. The molecule has 0 heterocycles. The third kappa shape index (κ3) is 21.4. The fourth-order valence-electron chi connectivity index (χ4n) is 2.93. The van der Waals surface area contributed by atoms with Crippen LogP contribution >= 0.6 is 7.82 Å². The largest absolute Gasteiger partial charge is 0.756 e. The topological polar surface area (TPSA) is 94.1 Å². The summed E-state index contributed by atoms with van der Waals surface area (Å²) in [5, 5.41) is 0. The molecule has 32 heavy (non-hydrogen) atoms. The van der Waals surface area contributed by atoms with Gasteiger partial charge in [0.2, 0.25) is 0 Å². The van der Waals surface area contributed by atoms with Crippen LogP contribution in [0.3, 0.4) is 0 Å². The minimum Gasteiger partial charge on any atom is -0.756 e. The normalized spacial score (nSPS) is 14.8. The number of likely N-dealkylation sites (N-methyl/N-ethyl adjacent to an activating group) is 1. The van der Waals surface area contributed by atoms with Crippen LogP contribution in [-0.2, 0) is 27.9 Å². The van der Waals surface area contributed by atoms with Crippen molar-refractivity contribution in [2.24, 2.45) is 0 Å². The van der Waals surface area contributed by atoms with Crippen molar-refractivity contribution in [3.05, 3.63) is 0 Å². The molecule has 192 valence electrons. The van der Waals surface area contributed by atoms with Crippen LogP contribution in [0.2, 0.25) is 0 Å². The zero-order chi connectivity index (χ0) is 24.3. The first-order valence-electron chi connectivity index (χ1n) is 12.3. The number of quaternary nitrogens is 1. The molecule has 0 amide bonds. The molecule has 0 aliphatic rings. The van der Waals surface area contributed by atoms with Crippen molar-refractivity contribution in [1.82, 2.24) is 0 Å². The molecule has 2 atom stereocenters. The molecule has 0 rings (SSSR count). The molecular weight excluding hydrogens is 433 g/mol. The molecule has 9 heteroatoms. The second kappa shape index (κ2) is 18.9. The summed E-state index contributed by atoms with van der Waals surface area (Å²) in [5.41, 5.74) is 0. The van der Waals surface area contributed by atoms with Crippen LogP contribution in [0, 0.1) is 0 Å². The smallest absolute Gasteiger partial charge is 0.305 e. The molecule has 0 aromatic carbocycles. The molecule has 0 aliphatic carbocycles. The van der Waals surface area contributed by atoms with Crippen LogP contribution in [0.25, 0.3) is 0 Å². The zero-order valence-corrected chi connectivity index (χ0v) is 22.0. The third-order valence-electron chi connectivity index (χ3n) is 4.96. The van der Waals surface area contributed by atoms with Gasteiger partial charge >= 0.3 is 5.97 Å². The summed E-state index contributed by atoms with van der Waals surface area (Å²) in [4.78, 5) is 23.6. The monoisotopic (exact) mass is 481 g/mol. The van der Waals surface area contributed by atoms with Gasteiger partial charge in [0.1, 0.15) is 19.3 Å². The summed E-state index contributed by atoms with van der Waals surface area (Å²) in [5.74, 6) is -0.423. The van der Waals surface area contributed by atoms with Crippen molar-refractivity contribution in [3.8, 4) is 0 Å². The van der Waals surface area contributed by atoms with Crippen molar-refractivity contribution < 1.29 is 37.3 Å². The van der Waals surface area contributed by atoms with Gasteiger partial charge in [0.15, 0.2) is 0 Å². The van der Waals surface area contributed by atoms with Gasteiger partial charge in [-0.2, -0.15) is 0 Å². The van der Waals surface area contributed by atoms with Gasteiger partial charge in [-0.3, -0.25) is 9.36 Å². The van der Waals surface area contributed by atoms with Crippen LogP contribution < -0.4 is 4.89 Å². The highest BCUT2D eigenvalue weighted by molar-refractivity contribution is 7.45. The number of phosphoric acid groups is 1. The highest BCUT2D eigenvalue weighted by atomic mass is 31.2. The summed E-state index contributed by atoms with van der Waals surface area (Å²) in [6.45, 7) is 4.79. The van der Waals surface area contributed by atoms with Crippen molar-refractivity contribution in [2.75, 3.05) is 54.1 Å². The van der Waals surface area contributed by atoms with Crippen molar-refractivity contribution >= 4 is 13.8 Å². The Bertz CT molecular complexity index is 511. The van der Waals surface area contributed by atoms with E-state index in [1.165, 1.54) is 51.4 Å². The van der Waals surface area contributed by atoms with E-state index in [1.807, 2.05) is 21.1 Å². The number of rotatable bonds is 22. The summed E-state index contributed by atoms with van der Waals surface area (Å²) < 4.78 is 33.2. The second-order valence-electron chi connectivity index (χ2n) is 9.31. The van der Waals surface area contributed by atoms with Crippen molar-refractivity contribution in [1.29, 1.82) is 0 Å². The predicted octanol–water partition coefficient (Wildman–Crippen LogP) is 4.45. The van der Waals surface area contributed by atoms with Crippen molar-refractivity contribution in [3.63, 3.8) is 0 Å². The maximum Gasteiger partial charge on any atom is 0.305 e. The lowest BCUT2D eigenvalue weighted by Crippen LogP contribution is -2.37. The number of unbranched alkanes of at least 4 members (excludes halogenated alkanes) is 9. The van der Waals surface area contributed by atoms with Gasteiger partial charge in [-0.05, 0) is 6.42 Å². The maximum atomic E-state index is 11.9. The number of ether oxygens (including phenoxy) is 2. The first-order chi connectivity index (χ1) is 15.1. The predicted molar refractivity (Wildman–Crippen MR) is 125 cm³/mol. The van der Waals surface area contributed by atoms with Crippen LogP contribution in [0.15, 0.2) is 0 Å². The van der Waals surface area contributed by atoms with Crippen LogP contribution in [0.4, 0.5) is 0 Å². The van der Waals surface area contributed by atoms with E-state index in [2.05, 4.69) is 6.92 Å². The van der Waals surface area contributed by atoms with Gasteiger partial charge in [0, 0.05) is 13.0 Å². The van der Waals surface area contributed by atoms with E-state index in [9.17, 15) is 14.3 Å². The van der Waals surface area contributed by atoms with Crippen LogP contribution in [0.1, 0.15) is 84.5 Å². The van der Waals surface area contributed by atoms with Gasteiger partial charge in [0.05, 0.1) is 34.4 Å². The zero-order valence-electron chi connectivity index (χ0n) is 21.1. The highest BCUT2D eigenvalue weighted by Gasteiger charge is 2.19. The molecule has 0 radical (unpaired) electrons. The molecular formula is C23H48NO7P. The summed E-state index contributed by atoms with van der Waals surface area (Å²) >= 11 is 0. The fraction of sp³-hybridized carbons (Fsp3) is 0.957. The van der Waals surface area contributed by atoms with Gasteiger partial charge in [0.25, 0.3) is 7.82 Å². The maximum absolute atomic E-state index is 11.9. The van der Waals surface area contributed by atoms with Crippen LogP contribution in [0.5, 0.6) is 0 Å². The molecule has 0 fully saturated rings. The Morgan fingerprint density at radius 3 is 1.94 bits per heavy atom. The minimum absolute atomic E-state index is 0.0267. The Hall–Kier alpha value is -0.500. The first-order valence-corrected chi connectivity index (χ1v) is 13.7. The number of hydrogen-bond donors (Lipinski definition) is 0. The second-order valence-corrected chi connectivity index (χ2v) is 10.7. The average Bonchev–Trinajstić information content (AvgIpc) is 2.71. The van der Waals surface area contributed by atoms with Gasteiger partial charge in [-0.1, -0.05) is 71.6 Å². The molecule has 2 unspecified atom stereocenters. The summed E-state index contributed by atoms with van der Waals surface area (Å²) in [6, 6.07) is 0. The van der Waals surface area contributed by atoms with E-state index in [-0.39, 0.29) is 26.2 Å². The number of carbonyl (C=O) groups excluding carboxylic acids is 1. The molecule has 0 aromatic heterocycles. The summed E-state index contributed by atoms with van der Waals surface area (Å²) in [7, 11) is 1.35. The number of nitrogens with zero attached hydrogens (tertiary/aromatic N) is 1. The van der Waals surface area contributed by atoms with Crippen molar-refractivity contribution in [2.45, 2.75) is 90.6 Å². The first kappa shape index (κ1) is 31.5. The molecule has 0 aliphatic heterocycles. The van der Waals surface area contributed by atoms with E-state index < -0.39 is 19.9 Å². The molecule has 0 saturated carbocycles. The molecule has 8 nitrogen and oxygen atoms in total. The van der Waals surface area contributed by atoms with Gasteiger partial charge in [-0.15, -0.1) is 0 Å². The fourth-order valence-corrected chi connectivity index (χ4v) is 3.66. The number of esters is 1. The van der Waals surface area contributed by atoms with E-state index in [0.717, 1.165) is 12.8 Å². The Kier molecular flexibility index (Phi) is 18.6. The Morgan fingerprint density at radius 2 is 1.41 bits per heavy atom. The molecule has 0 aromatic rings. The summed E-state index contributed by atoms with van der Waals surface area (Å²) in [6.07, 6.45) is 11.8. The number of phosphoric ester groups is 1.